The Morgan fingerprint density at radius 2 is 2.47 bits per heavy atom. The molecule has 0 amide bonds. The van der Waals surface area contributed by atoms with Crippen molar-refractivity contribution in [3.8, 4) is 0 Å². The van der Waals surface area contributed by atoms with Crippen molar-refractivity contribution in [3.63, 3.8) is 0 Å². The Bertz CT molecular complexity index is 440. The predicted molar refractivity (Wildman–Crippen MR) is 58.6 cm³/mol. The smallest absolute Gasteiger partial charge is 0.149 e. The molecule has 0 bridgehead atoms. The Morgan fingerprint density at radius 3 is 3.20 bits per heavy atom. The van der Waals surface area contributed by atoms with Crippen LogP contribution in [0.2, 0.25) is 0 Å². The Morgan fingerprint density at radius 1 is 1.47 bits per heavy atom. The Balaban J connectivity index is 1.75. The third kappa shape index (κ3) is 1.50. The van der Waals surface area contributed by atoms with Crippen LogP contribution in [0.5, 0.6) is 0 Å². The molecule has 0 spiro atoms. The number of nitrogens with one attached hydrogen (secondary N) is 1. The van der Waals surface area contributed by atoms with Crippen molar-refractivity contribution in [2.45, 2.75) is 18.9 Å². The van der Waals surface area contributed by atoms with E-state index in [4.69, 9.17) is 4.42 Å². The first-order chi connectivity index (χ1) is 7.43. The van der Waals surface area contributed by atoms with Crippen LogP contribution in [0.25, 0.3) is 0 Å². The van der Waals surface area contributed by atoms with E-state index < -0.39 is 0 Å². The van der Waals surface area contributed by atoms with Crippen LogP contribution in [-0.2, 0) is 0 Å². The average Bonchev–Trinajstić information content (AvgIpc) is 3.02. The summed E-state index contributed by atoms with van der Waals surface area (Å²) < 4.78 is 5.32. The molecule has 1 unspecified atom stereocenters. The standard InChI is InChI=1S/C12H12N2O/c1-2-5-9(4-1)10-8-11(14-13-10)12-6-3-7-15-12/h1,3-7,10,13H,2,8H2. The van der Waals surface area contributed by atoms with Gasteiger partial charge in [-0.15, -0.1) is 0 Å². The lowest BCUT2D eigenvalue weighted by Gasteiger charge is -2.08. The molecule has 1 aromatic heterocycles. The number of hydrogen-bond acceptors (Lipinski definition) is 3. The fourth-order valence-electron chi connectivity index (χ4n) is 1.97. The Hall–Kier alpha value is -1.77. The van der Waals surface area contributed by atoms with E-state index in [-0.39, 0.29) is 0 Å². The third-order valence-electron chi connectivity index (χ3n) is 2.76. The first-order valence-electron chi connectivity index (χ1n) is 5.16. The van der Waals surface area contributed by atoms with E-state index in [0.29, 0.717) is 6.04 Å². The van der Waals surface area contributed by atoms with Crippen LogP contribution in [0.15, 0.2) is 51.7 Å². The molecule has 3 heteroatoms. The first kappa shape index (κ1) is 8.53. The summed E-state index contributed by atoms with van der Waals surface area (Å²) in [5, 5.41) is 4.30. The molecule has 1 atom stereocenters. The van der Waals surface area contributed by atoms with E-state index in [1.165, 1.54) is 5.57 Å². The summed E-state index contributed by atoms with van der Waals surface area (Å²) in [5.41, 5.74) is 5.48. The van der Waals surface area contributed by atoms with Crippen molar-refractivity contribution in [1.82, 2.24) is 5.43 Å². The lowest BCUT2D eigenvalue weighted by molar-refractivity contribution is 0.556. The van der Waals surface area contributed by atoms with E-state index in [9.17, 15) is 0 Å². The van der Waals surface area contributed by atoms with Crippen molar-refractivity contribution in [2.24, 2.45) is 5.10 Å². The van der Waals surface area contributed by atoms with Crippen molar-refractivity contribution in [3.05, 3.63) is 48.0 Å². The quantitative estimate of drug-likeness (QED) is 0.794. The average molecular weight is 200 g/mol. The van der Waals surface area contributed by atoms with Gasteiger partial charge in [0.05, 0.1) is 12.3 Å². The van der Waals surface area contributed by atoms with Gasteiger partial charge in [-0.1, -0.05) is 18.2 Å². The highest BCUT2D eigenvalue weighted by atomic mass is 16.3. The van der Waals surface area contributed by atoms with E-state index in [2.05, 4.69) is 28.8 Å². The topological polar surface area (TPSA) is 37.5 Å². The van der Waals surface area contributed by atoms with E-state index in [0.717, 1.165) is 24.3 Å². The van der Waals surface area contributed by atoms with Crippen LogP contribution in [0.4, 0.5) is 0 Å². The minimum atomic E-state index is 0.323. The highest BCUT2D eigenvalue weighted by Gasteiger charge is 2.23. The monoisotopic (exact) mass is 200 g/mol. The molecule has 1 aliphatic heterocycles. The van der Waals surface area contributed by atoms with E-state index >= 15 is 0 Å². The maximum absolute atomic E-state index is 5.32. The predicted octanol–water partition coefficient (Wildman–Crippen LogP) is 2.23. The maximum atomic E-state index is 5.32. The number of hydrogen-bond donors (Lipinski definition) is 1. The second-order valence-corrected chi connectivity index (χ2v) is 3.76. The summed E-state index contributed by atoms with van der Waals surface area (Å²) in [6.07, 6.45) is 10.2. The van der Waals surface area contributed by atoms with Crippen LogP contribution in [0, 0.1) is 0 Å². The minimum absolute atomic E-state index is 0.323. The van der Waals surface area contributed by atoms with Crippen LogP contribution >= 0.6 is 0 Å². The Kier molecular flexibility index (Phi) is 1.95. The molecule has 3 rings (SSSR count). The van der Waals surface area contributed by atoms with Gasteiger partial charge in [0.15, 0.2) is 0 Å². The molecule has 0 saturated carbocycles. The highest BCUT2D eigenvalue weighted by molar-refractivity contribution is 5.99. The molecule has 76 valence electrons. The van der Waals surface area contributed by atoms with E-state index in [1.807, 2.05) is 12.1 Å². The van der Waals surface area contributed by atoms with Crippen molar-refractivity contribution in [2.75, 3.05) is 0 Å². The maximum Gasteiger partial charge on any atom is 0.149 e. The molecule has 0 aromatic carbocycles. The highest BCUT2D eigenvalue weighted by Crippen LogP contribution is 2.21. The lowest BCUT2D eigenvalue weighted by Crippen LogP contribution is -2.20. The Labute approximate surface area is 88.2 Å². The SMILES string of the molecule is C1=CC(C2CC(c3ccco3)=NN2)=CC1. The molecule has 0 radical (unpaired) electrons. The molecule has 2 heterocycles. The zero-order chi connectivity index (χ0) is 10.1. The summed E-state index contributed by atoms with van der Waals surface area (Å²) in [6, 6.07) is 4.16. The van der Waals surface area contributed by atoms with Gasteiger partial charge in [0.1, 0.15) is 11.5 Å². The van der Waals surface area contributed by atoms with Gasteiger partial charge in [-0.2, -0.15) is 5.10 Å². The molecule has 2 aliphatic rings. The molecule has 1 aliphatic carbocycles. The molecule has 3 nitrogen and oxygen atoms in total. The zero-order valence-corrected chi connectivity index (χ0v) is 8.31. The number of nitrogens with zero attached hydrogens (tertiary/aromatic N) is 1. The van der Waals surface area contributed by atoms with Crippen LogP contribution in [0.1, 0.15) is 18.6 Å². The number of hydrazone groups is 1. The zero-order valence-electron chi connectivity index (χ0n) is 8.31. The number of furan rings is 1. The van der Waals surface area contributed by atoms with Crippen molar-refractivity contribution < 1.29 is 4.42 Å². The summed E-state index contributed by atoms with van der Waals surface area (Å²) in [4.78, 5) is 0. The minimum Gasteiger partial charge on any atom is -0.463 e. The van der Waals surface area contributed by atoms with Gasteiger partial charge >= 0.3 is 0 Å². The molecule has 0 fully saturated rings. The lowest BCUT2D eigenvalue weighted by atomic mass is 10.0. The third-order valence-corrected chi connectivity index (χ3v) is 2.76. The van der Waals surface area contributed by atoms with Gasteiger partial charge in [0.2, 0.25) is 0 Å². The fraction of sp³-hybridized carbons (Fsp3) is 0.250. The summed E-state index contributed by atoms with van der Waals surface area (Å²) in [5.74, 6) is 0.868. The number of rotatable bonds is 2. The summed E-state index contributed by atoms with van der Waals surface area (Å²) in [6.45, 7) is 0. The second-order valence-electron chi connectivity index (χ2n) is 3.76. The molecule has 1 N–H and O–H groups in total. The van der Waals surface area contributed by atoms with Gasteiger partial charge in [-0.3, -0.25) is 0 Å². The first-order valence-corrected chi connectivity index (χ1v) is 5.16. The van der Waals surface area contributed by atoms with Crippen molar-refractivity contribution >= 4 is 5.71 Å². The normalized spacial score (nSPS) is 23.9. The van der Waals surface area contributed by atoms with Crippen LogP contribution in [0.3, 0.4) is 0 Å². The van der Waals surface area contributed by atoms with Gasteiger partial charge in [-0.25, -0.2) is 0 Å². The fourth-order valence-corrected chi connectivity index (χ4v) is 1.97. The van der Waals surface area contributed by atoms with Gasteiger partial charge in [0.25, 0.3) is 0 Å². The summed E-state index contributed by atoms with van der Waals surface area (Å²) in [7, 11) is 0. The van der Waals surface area contributed by atoms with E-state index in [1.54, 1.807) is 6.26 Å². The van der Waals surface area contributed by atoms with Gasteiger partial charge in [-0.05, 0) is 24.1 Å². The van der Waals surface area contributed by atoms with Crippen LogP contribution in [-0.4, -0.2) is 11.8 Å². The molecule has 15 heavy (non-hydrogen) atoms. The van der Waals surface area contributed by atoms with Crippen molar-refractivity contribution in [1.29, 1.82) is 0 Å². The number of allylic oxidation sites excluding steroid dienone is 2. The molecule has 0 saturated heterocycles. The van der Waals surface area contributed by atoms with Gasteiger partial charge < -0.3 is 9.84 Å². The molecular weight excluding hydrogens is 188 g/mol. The summed E-state index contributed by atoms with van der Waals surface area (Å²) >= 11 is 0. The second kappa shape index (κ2) is 3.42. The largest absolute Gasteiger partial charge is 0.463 e. The molecule has 1 aromatic rings. The molecular formula is C12H12N2O. The van der Waals surface area contributed by atoms with Crippen LogP contribution < -0.4 is 5.43 Å². The van der Waals surface area contributed by atoms with Gasteiger partial charge in [0, 0.05) is 6.42 Å².